The molecule has 0 aliphatic carbocycles. The highest BCUT2D eigenvalue weighted by molar-refractivity contribution is 5.79. The smallest absolute Gasteiger partial charge is 0.191 e. The zero-order chi connectivity index (χ0) is 17.4. The maximum atomic E-state index is 4.66. The molecule has 2 N–H and O–H groups in total. The van der Waals surface area contributed by atoms with Crippen LogP contribution in [-0.4, -0.2) is 28.8 Å². The van der Waals surface area contributed by atoms with E-state index in [1.54, 1.807) is 0 Å². The van der Waals surface area contributed by atoms with Gasteiger partial charge >= 0.3 is 0 Å². The quantitative estimate of drug-likeness (QED) is 0.607. The largest absolute Gasteiger partial charge is 0.357 e. The van der Waals surface area contributed by atoms with Gasteiger partial charge in [0.2, 0.25) is 0 Å². The van der Waals surface area contributed by atoms with Crippen LogP contribution >= 0.6 is 0 Å². The molecule has 0 bridgehead atoms. The maximum Gasteiger partial charge on any atom is 0.191 e. The first kappa shape index (κ1) is 18.0. The minimum atomic E-state index is 0.462. The second-order valence-corrected chi connectivity index (χ2v) is 6.28. The Morgan fingerprint density at radius 1 is 1.21 bits per heavy atom. The van der Waals surface area contributed by atoms with E-state index in [0.717, 1.165) is 31.3 Å². The number of aliphatic imine (C=N–C) groups is 1. The lowest BCUT2D eigenvalue weighted by molar-refractivity contribution is 0.436. The summed E-state index contributed by atoms with van der Waals surface area (Å²) in [6.45, 7) is 11.7. The number of aryl methyl sites for hydroxylation is 2. The highest BCUT2D eigenvalue weighted by atomic mass is 15.3. The number of benzene rings is 1. The van der Waals surface area contributed by atoms with Crippen LogP contribution in [0.25, 0.3) is 0 Å². The third-order valence-electron chi connectivity index (χ3n) is 3.81. The summed E-state index contributed by atoms with van der Waals surface area (Å²) in [6, 6.07) is 12.4. The molecule has 0 spiro atoms. The highest BCUT2D eigenvalue weighted by Crippen LogP contribution is 2.06. The van der Waals surface area contributed by atoms with E-state index in [0.29, 0.717) is 12.5 Å². The predicted octanol–water partition coefficient (Wildman–Crippen LogP) is 2.89. The Kier molecular flexibility index (Phi) is 6.85. The monoisotopic (exact) mass is 327 g/mol. The number of aromatic nitrogens is 2. The molecule has 0 saturated carbocycles. The summed E-state index contributed by atoms with van der Waals surface area (Å²) in [5.74, 6) is 1.32. The molecule has 1 aromatic carbocycles. The van der Waals surface area contributed by atoms with E-state index in [9.17, 15) is 0 Å². The molecule has 130 valence electrons. The van der Waals surface area contributed by atoms with Crippen LogP contribution in [0.3, 0.4) is 0 Å². The molecular weight excluding hydrogens is 298 g/mol. The molecule has 2 aromatic rings. The van der Waals surface area contributed by atoms with Crippen molar-refractivity contribution in [2.45, 2.75) is 40.8 Å². The fraction of sp³-hybridized carbons (Fsp3) is 0.474. The molecule has 1 aromatic heterocycles. The van der Waals surface area contributed by atoms with Crippen molar-refractivity contribution in [1.82, 2.24) is 20.4 Å². The molecule has 0 radical (unpaired) electrons. The van der Waals surface area contributed by atoms with Crippen molar-refractivity contribution in [3.63, 3.8) is 0 Å². The minimum absolute atomic E-state index is 0.462. The molecule has 5 nitrogen and oxygen atoms in total. The topological polar surface area (TPSA) is 54.2 Å². The van der Waals surface area contributed by atoms with E-state index < -0.39 is 0 Å². The van der Waals surface area contributed by atoms with Gasteiger partial charge in [-0.25, -0.2) is 4.99 Å². The van der Waals surface area contributed by atoms with Gasteiger partial charge in [0.15, 0.2) is 5.96 Å². The summed E-state index contributed by atoms with van der Waals surface area (Å²) in [5, 5.41) is 11.3. The Hall–Kier alpha value is -2.30. The van der Waals surface area contributed by atoms with Crippen LogP contribution in [-0.2, 0) is 13.1 Å². The Balaban J connectivity index is 1.87. The van der Waals surface area contributed by atoms with Crippen LogP contribution in [0.2, 0.25) is 0 Å². The van der Waals surface area contributed by atoms with Gasteiger partial charge in [-0.3, -0.25) is 4.68 Å². The van der Waals surface area contributed by atoms with E-state index in [1.165, 1.54) is 11.3 Å². The molecule has 1 unspecified atom stereocenters. The molecule has 0 aliphatic heterocycles. The number of guanidine groups is 1. The molecule has 1 atom stereocenters. The number of hydrogen-bond donors (Lipinski definition) is 2. The van der Waals surface area contributed by atoms with E-state index in [1.807, 2.05) is 25.1 Å². The molecule has 5 heteroatoms. The third kappa shape index (κ3) is 5.72. The fourth-order valence-corrected chi connectivity index (χ4v) is 2.59. The predicted molar refractivity (Wildman–Crippen MR) is 100 cm³/mol. The van der Waals surface area contributed by atoms with Crippen molar-refractivity contribution in [2.75, 3.05) is 13.1 Å². The zero-order valence-electron chi connectivity index (χ0n) is 15.2. The second-order valence-electron chi connectivity index (χ2n) is 6.28. The molecule has 0 saturated heterocycles. The molecule has 1 heterocycles. The summed E-state index contributed by atoms with van der Waals surface area (Å²) in [7, 11) is 0. The normalized spacial score (nSPS) is 12.9. The highest BCUT2D eigenvalue weighted by Gasteiger charge is 2.08. The lowest BCUT2D eigenvalue weighted by Crippen LogP contribution is -2.40. The average molecular weight is 327 g/mol. The number of hydrogen-bond acceptors (Lipinski definition) is 2. The molecule has 0 fully saturated rings. The van der Waals surface area contributed by atoms with E-state index in [-0.39, 0.29) is 0 Å². The van der Waals surface area contributed by atoms with Crippen LogP contribution in [0.4, 0.5) is 0 Å². The van der Waals surface area contributed by atoms with Crippen molar-refractivity contribution in [2.24, 2.45) is 10.9 Å². The van der Waals surface area contributed by atoms with Gasteiger partial charge in [-0.1, -0.05) is 37.3 Å². The third-order valence-corrected chi connectivity index (χ3v) is 3.81. The van der Waals surface area contributed by atoms with Gasteiger partial charge < -0.3 is 10.6 Å². The number of rotatable bonds is 7. The summed E-state index contributed by atoms with van der Waals surface area (Å²) in [6.07, 6.45) is 0. The Morgan fingerprint density at radius 3 is 2.58 bits per heavy atom. The molecule has 2 rings (SSSR count). The Labute approximate surface area is 145 Å². The van der Waals surface area contributed by atoms with E-state index >= 15 is 0 Å². The van der Waals surface area contributed by atoms with Crippen LogP contribution in [0.15, 0.2) is 41.4 Å². The Bertz CT molecular complexity index is 645. The molecule has 0 aliphatic rings. The van der Waals surface area contributed by atoms with Gasteiger partial charge in [-0.05, 0) is 38.3 Å². The molecular formula is C19H29N5. The van der Waals surface area contributed by atoms with Crippen LogP contribution < -0.4 is 10.6 Å². The molecule has 0 amide bonds. The summed E-state index contributed by atoms with van der Waals surface area (Å²) in [5.41, 5.74) is 3.50. The first-order valence-corrected chi connectivity index (χ1v) is 8.65. The van der Waals surface area contributed by atoms with Gasteiger partial charge in [-0.15, -0.1) is 0 Å². The van der Waals surface area contributed by atoms with Crippen molar-refractivity contribution in [1.29, 1.82) is 0 Å². The summed E-state index contributed by atoms with van der Waals surface area (Å²) < 4.78 is 2.08. The average Bonchev–Trinajstić information content (AvgIpc) is 2.88. The van der Waals surface area contributed by atoms with Crippen molar-refractivity contribution in [3.8, 4) is 0 Å². The fourth-order valence-electron chi connectivity index (χ4n) is 2.59. The first-order chi connectivity index (χ1) is 11.6. The van der Waals surface area contributed by atoms with Crippen molar-refractivity contribution >= 4 is 5.96 Å². The van der Waals surface area contributed by atoms with E-state index in [2.05, 4.69) is 64.4 Å². The van der Waals surface area contributed by atoms with Gasteiger partial charge in [0.1, 0.15) is 0 Å². The van der Waals surface area contributed by atoms with Gasteiger partial charge in [0.05, 0.1) is 12.2 Å². The second kappa shape index (κ2) is 9.11. The van der Waals surface area contributed by atoms with Crippen molar-refractivity contribution < 1.29 is 0 Å². The van der Waals surface area contributed by atoms with E-state index in [4.69, 9.17) is 0 Å². The minimum Gasteiger partial charge on any atom is -0.357 e. The SMILES string of the molecule is CCNC(=NCc1ccccc1)NCC(C)Cn1nc(C)cc1C. The van der Waals surface area contributed by atoms with Gasteiger partial charge in [0, 0.05) is 25.3 Å². The molecule has 24 heavy (non-hydrogen) atoms. The standard InChI is InChI=1S/C19H29N5/c1-5-20-19(22-13-18-9-7-6-8-10-18)21-12-15(2)14-24-17(4)11-16(3)23-24/h6-11,15H,5,12-14H2,1-4H3,(H2,20,21,22). The lowest BCUT2D eigenvalue weighted by Gasteiger charge is -2.16. The number of nitrogens with zero attached hydrogens (tertiary/aromatic N) is 3. The maximum absolute atomic E-state index is 4.66. The van der Waals surface area contributed by atoms with Crippen LogP contribution in [0, 0.1) is 19.8 Å². The summed E-state index contributed by atoms with van der Waals surface area (Å²) >= 11 is 0. The Morgan fingerprint density at radius 2 is 1.96 bits per heavy atom. The van der Waals surface area contributed by atoms with Crippen LogP contribution in [0.1, 0.15) is 30.8 Å². The van der Waals surface area contributed by atoms with Gasteiger partial charge in [0.25, 0.3) is 0 Å². The number of nitrogens with one attached hydrogen (secondary N) is 2. The first-order valence-electron chi connectivity index (χ1n) is 8.65. The van der Waals surface area contributed by atoms with Crippen molar-refractivity contribution in [3.05, 3.63) is 53.3 Å². The summed E-state index contributed by atoms with van der Waals surface area (Å²) in [4.78, 5) is 4.66. The lowest BCUT2D eigenvalue weighted by atomic mass is 10.2. The van der Waals surface area contributed by atoms with Crippen LogP contribution in [0.5, 0.6) is 0 Å². The van der Waals surface area contributed by atoms with Gasteiger partial charge in [-0.2, -0.15) is 5.10 Å². The zero-order valence-corrected chi connectivity index (χ0v) is 15.2.